The van der Waals surface area contributed by atoms with Gasteiger partial charge >= 0.3 is 0 Å². The van der Waals surface area contributed by atoms with Crippen LogP contribution in [0, 0.1) is 6.92 Å². The number of anilines is 1. The summed E-state index contributed by atoms with van der Waals surface area (Å²) in [5.41, 5.74) is 2.50. The van der Waals surface area contributed by atoms with Crippen LogP contribution in [-0.4, -0.2) is 15.9 Å². The number of aromatic nitrogens is 2. The molecule has 150 valence electrons. The Morgan fingerprint density at radius 3 is 2.62 bits per heavy atom. The summed E-state index contributed by atoms with van der Waals surface area (Å²) in [7, 11) is 0. The van der Waals surface area contributed by atoms with E-state index in [1.165, 1.54) is 11.8 Å². The predicted molar refractivity (Wildman–Crippen MR) is 119 cm³/mol. The van der Waals surface area contributed by atoms with E-state index in [2.05, 4.69) is 15.3 Å². The maximum absolute atomic E-state index is 12.5. The molecule has 5 nitrogen and oxygen atoms in total. The number of hydrogen-bond acceptors (Lipinski definition) is 4. The van der Waals surface area contributed by atoms with Crippen LogP contribution < -0.4 is 10.9 Å². The number of amides is 1. The number of benzene rings is 2. The molecule has 0 saturated heterocycles. The van der Waals surface area contributed by atoms with Crippen molar-refractivity contribution in [1.82, 2.24) is 9.97 Å². The van der Waals surface area contributed by atoms with Crippen molar-refractivity contribution in [2.24, 2.45) is 0 Å². The number of nitrogens with one attached hydrogen (secondary N) is 2. The van der Waals surface area contributed by atoms with E-state index in [0.717, 1.165) is 5.56 Å². The van der Waals surface area contributed by atoms with Gasteiger partial charge in [0.1, 0.15) is 0 Å². The molecule has 0 atom stereocenters. The van der Waals surface area contributed by atoms with E-state index in [0.29, 0.717) is 32.9 Å². The van der Waals surface area contributed by atoms with E-state index in [1.807, 2.05) is 30.3 Å². The summed E-state index contributed by atoms with van der Waals surface area (Å²) >= 11 is 13.5. The minimum absolute atomic E-state index is 0.130. The van der Waals surface area contributed by atoms with Crippen molar-refractivity contribution in [2.75, 3.05) is 5.32 Å². The van der Waals surface area contributed by atoms with Crippen molar-refractivity contribution in [3.63, 3.8) is 0 Å². The van der Waals surface area contributed by atoms with Crippen molar-refractivity contribution < 1.29 is 4.79 Å². The second-order valence-electron chi connectivity index (χ2n) is 6.36. The fraction of sp³-hybridized carbons (Fsp3) is 0.190. The normalized spacial score (nSPS) is 10.7. The Morgan fingerprint density at radius 2 is 1.90 bits per heavy atom. The molecule has 1 amide bonds. The summed E-state index contributed by atoms with van der Waals surface area (Å²) in [6.45, 7) is 1.78. The molecule has 0 radical (unpaired) electrons. The quantitative estimate of drug-likeness (QED) is 0.383. The maximum Gasteiger partial charge on any atom is 0.254 e. The monoisotopic (exact) mass is 447 g/mol. The second-order valence-corrected chi connectivity index (χ2v) is 8.11. The summed E-state index contributed by atoms with van der Waals surface area (Å²) in [6.07, 6.45) is 0.409. The Bertz CT molecular complexity index is 1070. The lowest BCUT2D eigenvalue weighted by atomic mass is 10.1. The zero-order chi connectivity index (χ0) is 20.8. The minimum atomic E-state index is -0.254. The van der Waals surface area contributed by atoms with Gasteiger partial charge in [0.2, 0.25) is 5.91 Å². The summed E-state index contributed by atoms with van der Waals surface area (Å²) in [5.74, 6) is 0.459. The first kappa shape index (κ1) is 21.4. The SMILES string of the molecule is Cc1nc(SCc2ccccc2)[nH]c(=O)c1CCC(=O)Nc1cccc(Cl)c1Cl. The Morgan fingerprint density at radius 1 is 1.14 bits per heavy atom. The van der Waals surface area contributed by atoms with E-state index in [9.17, 15) is 9.59 Å². The predicted octanol–water partition coefficient (Wildman–Crippen LogP) is 5.25. The molecule has 3 rings (SSSR count). The summed E-state index contributed by atoms with van der Waals surface area (Å²) < 4.78 is 0. The number of hydrogen-bond donors (Lipinski definition) is 2. The van der Waals surface area contributed by atoms with Crippen LogP contribution >= 0.6 is 35.0 Å². The van der Waals surface area contributed by atoms with Gasteiger partial charge < -0.3 is 10.3 Å². The fourth-order valence-corrected chi connectivity index (χ4v) is 3.93. The standard InChI is InChI=1S/C21H19Cl2N3O2S/c1-13-15(10-11-18(27)25-17-9-5-8-16(22)19(17)23)20(28)26-21(24-13)29-12-14-6-3-2-4-7-14/h2-9H,10-12H2,1H3,(H,25,27)(H,24,26,28). The molecular weight excluding hydrogens is 429 g/mol. The molecule has 1 aromatic heterocycles. The number of aryl methyl sites for hydroxylation is 1. The van der Waals surface area contributed by atoms with Crippen molar-refractivity contribution in [2.45, 2.75) is 30.7 Å². The molecule has 0 aliphatic heterocycles. The highest BCUT2D eigenvalue weighted by Crippen LogP contribution is 2.29. The highest BCUT2D eigenvalue weighted by atomic mass is 35.5. The molecule has 3 aromatic rings. The summed E-state index contributed by atoms with van der Waals surface area (Å²) in [5, 5.41) is 3.94. The zero-order valence-corrected chi connectivity index (χ0v) is 18.0. The molecule has 2 N–H and O–H groups in total. The second kappa shape index (κ2) is 9.96. The molecule has 0 bridgehead atoms. The van der Waals surface area contributed by atoms with Gasteiger partial charge in [-0.1, -0.05) is 71.4 Å². The molecule has 0 aliphatic carbocycles. The maximum atomic E-state index is 12.5. The number of carbonyl (C=O) groups excluding carboxylic acids is 1. The number of rotatable bonds is 7. The first-order chi connectivity index (χ1) is 13.9. The topological polar surface area (TPSA) is 74.8 Å². The third-order valence-electron chi connectivity index (χ3n) is 4.25. The highest BCUT2D eigenvalue weighted by molar-refractivity contribution is 7.98. The van der Waals surface area contributed by atoms with Gasteiger partial charge in [0, 0.05) is 23.4 Å². The fourth-order valence-electron chi connectivity index (χ4n) is 2.72. The number of H-pyrrole nitrogens is 1. The average molecular weight is 448 g/mol. The van der Waals surface area contributed by atoms with Gasteiger partial charge in [0.25, 0.3) is 5.56 Å². The minimum Gasteiger partial charge on any atom is -0.325 e. The molecule has 0 fully saturated rings. The molecule has 8 heteroatoms. The van der Waals surface area contributed by atoms with Crippen LogP contribution in [0.5, 0.6) is 0 Å². The molecule has 0 saturated carbocycles. The van der Waals surface area contributed by atoms with Crippen LogP contribution in [0.1, 0.15) is 23.2 Å². The number of carbonyl (C=O) groups is 1. The largest absolute Gasteiger partial charge is 0.325 e. The third-order valence-corrected chi connectivity index (χ3v) is 6.01. The summed E-state index contributed by atoms with van der Waals surface area (Å²) in [6, 6.07) is 15.0. The van der Waals surface area contributed by atoms with Gasteiger partial charge in [0.15, 0.2) is 5.16 Å². The number of nitrogens with zero attached hydrogens (tertiary/aromatic N) is 1. The Labute approximate surface area is 182 Å². The van der Waals surface area contributed by atoms with E-state index in [-0.39, 0.29) is 29.3 Å². The summed E-state index contributed by atoms with van der Waals surface area (Å²) in [4.78, 5) is 32.0. The van der Waals surface area contributed by atoms with Gasteiger partial charge in [-0.25, -0.2) is 4.98 Å². The van der Waals surface area contributed by atoms with E-state index < -0.39 is 0 Å². The van der Waals surface area contributed by atoms with E-state index >= 15 is 0 Å². The molecule has 2 aromatic carbocycles. The van der Waals surface area contributed by atoms with Gasteiger partial charge in [-0.2, -0.15) is 0 Å². The number of aromatic amines is 1. The van der Waals surface area contributed by atoms with Gasteiger partial charge in [0.05, 0.1) is 15.7 Å². The third kappa shape index (κ3) is 5.85. The average Bonchev–Trinajstić information content (AvgIpc) is 2.70. The highest BCUT2D eigenvalue weighted by Gasteiger charge is 2.13. The van der Waals surface area contributed by atoms with Crippen LogP contribution in [0.25, 0.3) is 0 Å². The zero-order valence-electron chi connectivity index (χ0n) is 15.7. The molecular formula is C21H19Cl2N3O2S. The Kier molecular flexibility index (Phi) is 7.36. The van der Waals surface area contributed by atoms with Gasteiger partial charge in [-0.05, 0) is 31.0 Å². The van der Waals surface area contributed by atoms with Crippen molar-refractivity contribution in [1.29, 1.82) is 0 Å². The first-order valence-corrected chi connectivity index (χ1v) is 10.7. The van der Waals surface area contributed by atoms with Crippen LogP contribution in [0.4, 0.5) is 5.69 Å². The van der Waals surface area contributed by atoms with Crippen LogP contribution in [0.2, 0.25) is 10.0 Å². The molecule has 29 heavy (non-hydrogen) atoms. The van der Waals surface area contributed by atoms with Crippen molar-refractivity contribution in [3.05, 3.63) is 85.8 Å². The number of thioether (sulfide) groups is 1. The van der Waals surface area contributed by atoms with Crippen molar-refractivity contribution >= 4 is 46.6 Å². The van der Waals surface area contributed by atoms with E-state index in [1.54, 1.807) is 25.1 Å². The Hall–Kier alpha value is -2.28. The van der Waals surface area contributed by atoms with Gasteiger partial charge in [-0.15, -0.1) is 0 Å². The Balaban J connectivity index is 1.61. The molecule has 1 heterocycles. The number of halogens is 2. The van der Waals surface area contributed by atoms with Gasteiger partial charge in [-0.3, -0.25) is 9.59 Å². The first-order valence-electron chi connectivity index (χ1n) is 8.94. The van der Waals surface area contributed by atoms with Crippen LogP contribution in [0.15, 0.2) is 58.5 Å². The van der Waals surface area contributed by atoms with E-state index in [4.69, 9.17) is 23.2 Å². The van der Waals surface area contributed by atoms with Crippen LogP contribution in [0.3, 0.4) is 0 Å². The molecule has 0 spiro atoms. The molecule has 0 unspecified atom stereocenters. The molecule has 0 aliphatic rings. The lowest BCUT2D eigenvalue weighted by Crippen LogP contribution is -2.20. The van der Waals surface area contributed by atoms with Crippen LogP contribution in [-0.2, 0) is 17.0 Å². The van der Waals surface area contributed by atoms with Crippen molar-refractivity contribution in [3.8, 4) is 0 Å². The lowest BCUT2D eigenvalue weighted by molar-refractivity contribution is -0.116. The lowest BCUT2D eigenvalue weighted by Gasteiger charge is -2.09. The smallest absolute Gasteiger partial charge is 0.254 e.